The number of pyridine rings is 1. The molecule has 7 nitrogen and oxygen atoms in total. The summed E-state index contributed by atoms with van der Waals surface area (Å²) in [4.78, 5) is 24.5. The number of aromatic nitrogens is 1. The molecule has 0 atom stereocenters. The van der Waals surface area contributed by atoms with Crippen LogP contribution in [0.4, 0.5) is 10.1 Å². The normalized spacial score (nSPS) is 10.1. The van der Waals surface area contributed by atoms with Gasteiger partial charge in [0.25, 0.3) is 5.88 Å². The van der Waals surface area contributed by atoms with Crippen LogP contribution in [0.5, 0.6) is 5.88 Å². The molecule has 2 rings (SSSR count). The maximum absolute atomic E-state index is 13.4. The van der Waals surface area contributed by atoms with Crippen LogP contribution in [0.3, 0.4) is 0 Å². The van der Waals surface area contributed by atoms with Crippen molar-refractivity contribution in [1.29, 1.82) is 0 Å². The molecule has 0 amide bonds. The maximum Gasteiger partial charge on any atom is 0.354 e. The summed E-state index contributed by atoms with van der Waals surface area (Å²) in [6, 6.07) is 7.71. The summed E-state index contributed by atoms with van der Waals surface area (Å²) in [5.74, 6) is -2.35. The molecule has 0 radical (unpaired) electrons. The van der Waals surface area contributed by atoms with Crippen molar-refractivity contribution in [3.05, 3.63) is 63.6 Å². The molecule has 0 saturated carbocycles. The summed E-state index contributed by atoms with van der Waals surface area (Å²) < 4.78 is 18.5. The number of nitrogens with zero attached hydrogens (tertiary/aromatic N) is 2. The van der Waals surface area contributed by atoms with Crippen molar-refractivity contribution in [2.24, 2.45) is 0 Å². The highest BCUT2D eigenvalue weighted by Crippen LogP contribution is 2.25. The molecule has 0 aliphatic carbocycles. The zero-order valence-corrected chi connectivity index (χ0v) is 10.5. The van der Waals surface area contributed by atoms with Crippen LogP contribution in [-0.4, -0.2) is 21.0 Å². The first-order valence-corrected chi connectivity index (χ1v) is 5.74. The molecular weight excluding hydrogens is 283 g/mol. The number of hydrogen-bond acceptors (Lipinski definition) is 5. The van der Waals surface area contributed by atoms with Crippen molar-refractivity contribution in [1.82, 2.24) is 4.98 Å². The summed E-state index contributed by atoms with van der Waals surface area (Å²) >= 11 is 0. The zero-order chi connectivity index (χ0) is 15.4. The first kappa shape index (κ1) is 14.4. The standard InChI is InChI=1S/C13H9FN2O5/c14-9-4-2-1-3-8(9)7-21-12-11(16(19)20)6-5-10(15-12)13(17)18/h1-6H,7H2,(H,17,18). The Morgan fingerprint density at radius 2 is 2.05 bits per heavy atom. The smallest absolute Gasteiger partial charge is 0.354 e. The molecule has 0 saturated heterocycles. The van der Waals surface area contributed by atoms with Crippen molar-refractivity contribution in [2.75, 3.05) is 0 Å². The van der Waals surface area contributed by atoms with Gasteiger partial charge in [0.1, 0.15) is 12.4 Å². The van der Waals surface area contributed by atoms with Crippen molar-refractivity contribution >= 4 is 11.7 Å². The van der Waals surface area contributed by atoms with Gasteiger partial charge in [-0.15, -0.1) is 0 Å². The Morgan fingerprint density at radius 3 is 2.67 bits per heavy atom. The first-order chi connectivity index (χ1) is 9.99. The van der Waals surface area contributed by atoms with E-state index in [1.54, 1.807) is 6.07 Å². The van der Waals surface area contributed by atoms with E-state index in [1.807, 2.05) is 0 Å². The largest absolute Gasteiger partial charge is 0.477 e. The van der Waals surface area contributed by atoms with Gasteiger partial charge < -0.3 is 9.84 Å². The number of benzene rings is 1. The SMILES string of the molecule is O=C(O)c1ccc([N+](=O)[O-])c(OCc2ccccc2F)n1. The van der Waals surface area contributed by atoms with Gasteiger partial charge >= 0.3 is 11.7 Å². The van der Waals surface area contributed by atoms with E-state index < -0.39 is 34.0 Å². The van der Waals surface area contributed by atoms with Gasteiger partial charge in [0.2, 0.25) is 0 Å². The summed E-state index contributed by atoms with van der Waals surface area (Å²) in [6.45, 7) is -0.302. The topological polar surface area (TPSA) is 103 Å². The van der Waals surface area contributed by atoms with Gasteiger partial charge in [-0.3, -0.25) is 10.1 Å². The Bertz CT molecular complexity index is 705. The van der Waals surface area contributed by atoms with E-state index in [2.05, 4.69) is 4.98 Å². The fraction of sp³-hybridized carbons (Fsp3) is 0.0769. The number of carboxylic acids is 1. The number of nitro groups is 1. The van der Waals surface area contributed by atoms with E-state index in [0.717, 1.165) is 12.1 Å². The van der Waals surface area contributed by atoms with E-state index in [0.29, 0.717) is 0 Å². The Hall–Kier alpha value is -3.03. The second-order valence-corrected chi connectivity index (χ2v) is 3.96. The second-order valence-electron chi connectivity index (χ2n) is 3.96. The van der Waals surface area contributed by atoms with Gasteiger partial charge in [-0.1, -0.05) is 18.2 Å². The van der Waals surface area contributed by atoms with Gasteiger partial charge in [-0.25, -0.2) is 14.2 Å². The molecule has 0 bridgehead atoms. The molecule has 0 aliphatic rings. The molecule has 0 fully saturated rings. The lowest BCUT2D eigenvalue weighted by Crippen LogP contribution is -2.06. The van der Waals surface area contributed by atoms with E-state index in [1.165, 1.54) is 18.2 Å². The Balaban J connectivity index is 2.29. The monoisotopic (exact) mass is 292 g/mol. The third-order valence-corrected chi connectivity index (χ3v) is 2.58. The molecule has 8 heteroatoms. The van der Waals surface area contributed by atoms with Gasteiger partial charge in [-0.2, -0.15) is 0 Å². The van der Waals surface area contributed by atoms with Crippen molar-refractivity contribution < 1.29 is 24.0 Å². The fourth-order valence-corrected chi connectivity index (χ4v) is 1.56. The zero-order valence-electron chi connectivity index (χ0n) is 10.5. The molecule has 0 spiro atoms. The number of rotatable bonds is 5. The lowest BCUT2D eigenvalue weighted by molar-refractivity contribution is -0.386. The minimum absolute atomic E-state index is 0.175. The summed E-state index contributed by atoms with van der Waals surface area (Å²) in [7, 11) is 0. The minimum Gasteiger partial charge on any atom is -0.477 e. The number of hydrogen-bond donors (Lipinski definition) is 1. The number of ether oxygens (including phenoxy) is 1. The molecule has 1 aromatic heterocycles. The number of halogens is 1. The number of aromatic carboxylic acids is 1. The lowest BCUT2D eigenvalue weighted by Gasteiger charge is -2.07. The average molecular weight is 292 g/mol. The predicted octanol–water partition coefficient (Wildman–Crippen LogP) is 2.41. The Kier molecular flexibility index (Phi) is 4.07. The van der Waals surface area contributed by atoms with Crippen LogP contribution in [0, 0.1) is 15.9 Å². The molecule has 108 valence electrons. The summed E-state index contributed by atoms with van der Waals surface area (Å²) in [6.07, 6.45) is 0. The molecular formula is C13H9FN2O5. The Morgan fingerprint density at radius 1 is 1.33 bits per heavy atom. The van der Waals surface area contributed by atoms with Crippen LogP contribution in [-0.2, 0) is 6.61 Å². The van der Waals surface area contributed by atoms with E-state index >= 15 is 0 Å². The lowest BCUT2D eigenvalue weighted by atomic mass is 10.2. The fourth-order valence-electron chi connectivity index (χ4n) is 1.56. The highest BCUT2D eigenvalue weighted by molar-refractivity contribution is 5.85. The van der Waals surface area contributed by atoms with E-state index in [4.69, 9.17) is 9.84 Å². The van der Waals surface area contributed by atoms with Crippen LogP contribution in [0.25, 0.3) is 0 Å². The second kappa shape index (κ2) is 5.95. The predicted molar refractivity (Wildman–Crippen MR) is 68.6 cm³/mol. The molecule has 0 aliphatic heterocycles. The van der Waals surface area contributed by atoms with Gasteiger partial charge in [0, 0.05) is 11.6 Å². The molecule has 1 N–H and O–H groups in total. The average Bonchev–Trinajstić information content (AvgIpc) is 2.46. The van der Waals surface area contributed by atoms with Crippen molar-refractivity contribution in [3.63, 3.8) is 0 Å². The Labute approximate surface area is 117 Å². The number of carbonyl (C=O) groups is 1. The van der Waals surface area contributed by atoms with Gasteiger partial charge in [-0.05, 0) is 12.1 Å². The summed E-state index contributed by atoms with van der Waals surface area (Å²) in [5, 5.41) is 19.7. The quantitative estimate of drug-likeness (QED) is 0.670. The molecule has 1 aromatic carbocycles. The molecule has 1 heterocycles. The van der Waals surface area contributed by atoms with Crippen LogP contribution in [0.1, 0.15) is 16.1 Å². The van der Waals surface area contributed by atoms with E-state index in [-0.39, 0.29) is 12.2 Å². The van der Waals surface area contributed by atoms with Crippen LogP contribution in [0.2, 0.25) is 0 Å². The van der Waals surface area contributed by atoms with Crippen molar-refractivity contribution in [3.8, 4) is 5.88 Å². The van der Waals surface area contributed by atoms with Gasteiger partial charge in [0.15, 0.2) is 5.69 Å². The van der Waals surface area contributed by atoms with Crippen LogP contribution < -0.4 is 4.74 Å². The highest BCUT2D eigenvalue weighted by atomic mass is 19.1. The summed E-state index contributed by atoms with van der Waals surface area (Å²) in [5.41, 5.74) is -0.713. The van der Waals surface area contributed by atoms with Crippen LogP contribution >= 0.6 is 0 Å². The van der Waals surface area contributed by atoms with Crippen molar-refractivity contribution in [2.45, 2.75) is 6.61 Å². The first-order valence-electron chi connectivity index (χ1n) is 5.74. The third-order valence-electron chi connectivity index (χ3n) is 2.58. The third kappa shape index (κ3) is 3.30. The highest BCUT2D eigenvalue weighted by Gasteiger charge is 2.20. The molecule has 21 heavy (non-hydrogen) atoms. The molecule has 2 aromatic rings. The minimum atomic E-state index is -1.35. The van der Waals surface area contributed by atoms with Gasteiger partial charge in [0.05, 0.1) is 4.92 Å². The molecule has 0 unspecified atom stereocenters. The van der Waals surface area contributed by atoms with Crippen LogP contribution in [0.15, 0.2) is 36.4 Å². The van der Waals surface area contributed by atoms with E-state index in [9.17, 15) is 19.3 Å². The number of carboxylic acid groups (broad SMARTS) is 1. The maximum atomic E-state index is 13.4.